The smallest absolute Gasteiger partial charge is 0.356 e. The zero-order chi connectivity index (χ0) is 12.6. The van der Waals surface area contributed by atoms with Gasteiger partial charge in [0.05, 0.1) is 5.69 Å². The summed E-state index contributed by atoms with van der Waals surface area (Å²) in [6, 6.07) is 5.49. The Morgan fingerprint density at radius 2 is 2.12 bits per heavy atom. The van der Waals surface area contributed by atoms with Crippen LogP contribution in [0, 0.1) is 13.8 Å². The van der Waals surface area contributed by atoms with E-state index in [4.69, 9.17) is 5.11 Å². The Kier molecular flexibility index (Phi) is 3.02. The van der Waals surface area contributed by atoms with E-state index < -0.39 is 5.97 Å². The molecule has 0 unspecified atom stereocenters. The van der Waals surface area contributed by atoms with E-state index in [9.17, 15) is 4.79 Å². The third-order valence-electron chi connectivity index (χ3n) is 2.44. The van der Waals surface area contributed by atoms with E-state index in [1.807, 2.05) is 26.0 Å². The molecular formula is C12H11BrN2O2. The first-order valence-corrected chi connectivity index (χ1v) is 5.84. The van der Waals surface area contributed by atoms with Gasteiger partial charge in [-0.1, -0.05) is 6.07 Å². The molecule has 17 heavy (non-hydrogen) atoms. The lowest BCUT2D eigenvalue weighted by Gasteiger charge is -2.09. The average Bonchev–Trinajstić information content (AvgIpc) is 2.65. The Balaban J connectivity index is 2.56. The number of carboxylic acids is 1. The number of aromatic carboxylic acids is 1. The Morgan fingerprint density at radius 3 is 2.65 bits per heavy atom. The first-order chi connectivity index (χ1) is 7.99. The number of halogens is 1. The fourth-order valence-corrected chi connectivity index (χ4v) is 2.62. The first kappa shape index (κ1) is 11.9. The number of nitrogens with zero attached hydrogens (tertiary/aromatic N) is 2. The van der Waals surface area contributed by atoms with E-state index in [1.165, 1.54) is 6.07 Å². The molecule has 0 aliphatic carbocycles. The standard InChI is InChI=1S/C12H11BrN2O2/c1-7-5-8(2)11(9(13)6-7)15-4-3-10(14-15)12(16)17/h3-6H,1-2H3,(H,16,17). The van der Waals surface area contributed by atoms with Crippen molar-refractivity contribution in [2.24, 2.45) is 0 Å². The number of benzene rings is 1. The van der Waals surface area contributed by atoms with Crippen molar-refractivity contribution in [2.75, 3.05) is 0 Å². The molecule has 0 saturated heterocycles. The molecular weight excluding hydrogens is 284 g/mol. The molecule has 0 spiro atoms. The second kappa shape index (κ2) is 4.33. The Bertz CT molecular complexity index is 567. The molecule has 2 aromatic rings. The van der Waals surface area contributed by atoms with Crippen molar-refractivity contribution in [3.63, 3.8) is 0 Å². The van der Waals surface area contributed by atoms with Crippen molar-refractivity contribution in [1.29, 1.82) is 0 Å². The van der Waals surface area contributed by atoms with Crippen LogP contribution in [0.5, 0.6) is 0 Å². The Morgan fingerprint density at radius 1 is 1.41 bits per heavy atom. The predicted molar refractivity (Wildman–Crippen MR) is 67.7 cm³/mol. The Hall–Kier alpha value is -1.62. The van der Waals surface area contributed by atoms with Crippen LogP contribution in [0.25, 0.3) is 5.69 Å². The van der Waals surface area contributed by atoms with Crippen molar-refractivity contribution in [3.05, 3.63) is 45.7 Å². The highest BCUT2D eigenvalue weighted by Gasteiger charge is 2.11. The number of carboxylic acid groups (broad SMARTS) is 1. The maximum absolute atomic E-state index is 10.8. The van der Waals surface area contributed by atoms with Gasteiger partial charge in [0.1, 0.15) is 0 Å². The molecule has 1 N–H and O–H groups in total. The summed E-state index contributed by atoms with van der Waals surface area (Å²) in [5.41, 5.74) is 3.08. The number of hydrogen-bond donors (Lipinski definition) is 1. The van der Waals surface area contributed by atoms with E-state index in [0.717, 1.165) is 21.3 Å². The van der Waals surface area contributed by atoms with Gasteiger partial charge in [0.25, 0.3) is 0 Å². The number of rotatable bonds is 2. The van der Waals surface area contributed by atoms with Gasteiger partial charge in [0, 0.05) is 10.7 Å². The molecule has 0 fully saturated rings. The highest BCUT2D eigenvalue weighted by molar-refractivity contribution is 9.10. The maximum atomic E-state index is 10.8. The summed E-state index contributed by atoms with van der Waals surface area (Å²) in [5, 5.41) is 12.9. The van der Waals surface area contributed by atoms with Gasteiger partial charge in [-0.2, -0.15) is 5.10 Å². The summed E-state index contributed by atoms with van der Waals surface area (Å²) < 4.78 is 2.47. The van der Waals surface area contributed by atoms with E-state index >= 15 is 0 Å². The zero-order valence-electron chi connectivity index (χ0n) is 9.44. The highest BCUT2D eigenvalue weighted by Crippen LogP contribution is 2.25. The summed E-state index contributed by atoms with van der Waals surface area (Å²) in [4.78, 5) is 10.8. The van der Waals surface area contributed by atoms with Crippen molar-refractivity contribution < 1.29 is 9.90 Å². The zero-order valence-corrected chi connectivity index (χ0v) is 11.0. The highest BCUT2D eigenvalue weighted by atomic mass is 79.9. The molecule has 0 saturated carbocycles. The van der Waals surface area contributed by atoms with Gasteiger partial charge < -0.3 is 5.11 Å². The van der Waals surface area contributed by atoms with Gasteiger partial charge in [0.2, 0.25) is 0 Å². The van der Waals surface area contributed by atoms with E-state index in [-0.39, 0.29) is 5.69 Å². The molecule has 4 nitrogen and oxygen atoms in total. The lowest BCUT2D eigenvalue weighted by atomic mass is 10.1. The molecule has 0 bridgehead atoms. The fraction of sp³-hybridized carbons (Fsp3) is 0.167. The van der Waals surface area contributed by atoms with Gasteiger partial charge in [-0.3, -0.25) is 0 Å². The van der Waals surface area contributed by atoms with Gasteiger partial charge in [-0.05, 0) is 53.0 Å². The van der Waals surface area contributed by atoms with Gasteiger partial charge in [-0.15, -0.1) is 0 Å². The molecule has 0 atom stereocenters. The van der Waals surface area contributed by atoms with Crippen LogP contribution in [0.1, 0.15) is 21.6 Å². The topological polar surface area (TPSA) is 55.1 Å². The van der Waals surface area contributed by atoms with Crippen LogP contribution in [0.15, 0.2) is 28.9 Å². The summed E-state index contributed by atoms with van der Waals surface area (Å²) in [5.74, 6) is -1.02. The quantitative estimate of drug-likeness (QED) is 0.926. The van der Waals surface area contributed by atoms with Crippen LogP contribution in [-0.4, -0.2) is 20.9 Å². The lowest BCUT2D eigenvalue weighted by Crippen LogP contribution is -2.03. The third kappa shape index (κ3) is 2.24. The van der Waals surface area contributed by atoms with Gasteiger partial charge in [0.15, 0.2) is 5.69 Å². The number of hydrogen-bond acceptors (Lipinski definition) is 2. The number of aryl methyl sites for hydroxylation is 2. The number of carbonyl (C=O) groups is 1. The summed E-state index contributed by atoms with van der Waals surface area (Å²) >= 11 is 3.47. The van der Waals surface area contributed by atoms with Crippen molar-refractivity contribution >= 4 is 21.9 Å². The minimum atomic E-state index is -1.02. The fourth-order valence-electron chi connectivity index (χ4n) is 1.76. The molecule has 0 radical (unpaired) electrons. The minimum absolute atomic E-state index is 0.0388. The molecule has 1 aromatic heterocycles. The Labute approximate surface area is 107 Å². The second-order valence-corrected chi connectivity index (χ2v) is 4.72. The molecule has 1 aromatic carbocycles. The van der Waals surface area contributed by atoms with Gasteiger partial charge in [-0.25, -0.2) is 9.48 Å². The summed E-state index contributed by atoms with van der Waals surface area (Å²) in [6.07, 6.45) is 1.64. The molecule has 1 heterocycles. The number of aromatic nitrogens is 2. The van der Waals surface area contributed by atoms with Crippen LogP contribution in [0.3, 0.4) is 0 Å². The second-order valence-electron chi connectivity index (χ2n) is 3.86. The van der Waals surface area contributed by atoms with Crippen LogP contribution in [0.2, 0.25) is 0 Å². The molecule has 5 heteroatoms. The monoisotopic (exact) mass is 294 g/mol. The van der Waals surface area contributed by atoms with Crippen molar-refractivity contribution in [1.82, 2.24) is 9.78 Å². The first-order valence-electron chi connectivity index (χ1n) is 5.05. The minimum Gasteiger partial charge on any atom is -0.476 e. The molecule has 0 amide bonds. The normalized spacial score (nSPS) is 10.5. The van der Waals surface area contributed by atoms with Crippen LogP contribution in [-0.2, 0) is 0 Å². The SMILES string of the molecule is Cc1cc(C)c(-n2ccc(C(=O)O)n2)c(Br)c1. The molecule has 88 valence electrons. The lowest BCUT2D eigenvalue weighted by molar-refractivity contribution is 0.0690. The van der Waals surface area contributed by atoms with E-state index in [1.54, 1.807) is 10.9 Å². The van der Waals surface area contributed by atoms with Gasteiger partial charge >= 0.3 is 5.97 Å². The van der Waals surface area contributed by atoms with Crippen LogP contribution in [0.4, 0.5) is 0 Å². The van der Waals surface area contributed by atoms with Crippen LogP contribution < -0.4 is 0 Å². The largest absolute Gasteiger partial charge is 0.476 e. The maximum Gasteiger partial charge on any atom is 0.356 e. The van der Waals surface area contributed by atoms with E-state index in [2.05, 4.69) is 21.0 Å². The summed E-state index contributed by atoms with van der Waals surface area (Å²) in [7, 11) is 0. The van der Waals surface area contributed by atoms with Crippen LogP contribution >= 0.6 is 15.9 Å². The summed E-state index contributed by atoms with van der Waals surface area (Å²) in [6.45, 7) is 3.97. The van der Waals surface area contributed by atoms with Crippen molar-refractivity contribution in [2.45, 2.75) is 13.8 Å². The van der Waals surface area contributed by atoms with E-state index in [0.29, 0.717) is 0 Å². The third-order valence-corrected chi connectivity index (χ3v) is 3.04. The molecule has 2 rings (SSSR count). The average molecular weight is 295 g/mol. The molecule has 0 aliphatic rings. The predicted octanol–water partition coefficient (Wildman–Crippen LogP) is 2.95. The van der Waals surface area contributed by atoms with Crippen molar-refractivity contribution in [3.8, 4) is 5.69 Å². The molecule has 0 aliphatic heterocycles.